The summed E-state index contributed by atoms with van der Waals surface area (Å²) in [7, 11) is 0. The number of fused-ring (bicyclic) bond motifs is 1. The lowest BCUT2D eigenvalue weighted by atomic mass is 10.1. The number of nitrogens with zero attached hydrogens (tertiary/aromatic N) is 2. The first kappa shape index (κ1) is 14.3. The van der Waals surface area contributed by atoms with Crippen LogP contribution in [0.4, 0.5) is 5.69 Å². The van der Waals surface area contributed by atoms with E-state index < -0.39 is 0 Å². The van der Waals surface area contributed by atoms with Gasteiger partial charge in [-0.05, 0) is 31.9 Å². The van der Waals surface area contributed by atoms with Crippen molar-refractivity contribution in [3.63, 3.8) is 0 Å². The summed E-state index contributed by atoms with van der Waals surface area (Å²) in [6, 6.07) is 11.9. The number of hydrogen-bond acceptors (Lipinski definition) is 3. The maximum Gasteiger partial charge on any atom is 0.0726 e. The second kappa shape index (κ2) is 6.02. The van der Waals surface area contributed by atoms with Crippen molar-refractivity contribution in [2.75, 3.05) is 11.4 Å². The lowest BCUT2D eigenvalue weighted by Gasteiger charge is -2.26. The van der Waals surface area contributed by atoms with Crippen LogP contribution in [0.25, 0.3) is 10.9 Å². The van der Waals surface area contributed by atoms with Crippen LogP contribution in [0.5, 0.6) is 0 Å². The Balaban J connectivity index is 2.03. The number of para-hydroxylation sites is 1. The third kappa shape index (κ3) is 3.03. The van der Waals surface area contributed by atoms with Crippen molar-refractivity contribution in [2.24, 2.45) is 0 Å². The SMILES string of the molecule is CC(C)NCc1cc(N2CCCC2C)c2ccccc2n1. The van der Waals surface area contributed by atoms with Crippen molar-refractivity contribution in [3.8, 4) is 0 Å². The van der Waals surface area contributed by atoms with Crippen LogP contribution in [-0.2, 0) is 6.54 Å². The van der Waals surface area contributed by atoms with E-state index in [9.17, 15) is 0 Å². The maximum atomic E-state index is 4.82. The van der Waals surface area contributed by atoms with E-state index in [1.54, 1.807) is 0 Å². The van der Waals surface area contributed by atoms with Gasteiger partial charge in [0.2, 0.25) is 0 Å². The molecule has 1 aliphatic rings. The number of benzene rings is 1. The highest BCUT2D eigenvalue weighted by molar-refractivity contribution is 5.92. The molecule has 1 saturated heterocycles. The summed E-state index contributed by atoms with van der Waals surface area (Å²) in [6.45, 7) is 8.66. The minimum absolute atomic E-state index is 0.479. The number of pyridine rings is 1. The molecule has 3 rings (SSSR count). The first-order chi connectivity index (χ1) is 10.1. The van der Waals surface area contributed by atoms with Crippen LogP contribution in [0.15, 0.2) is 30.3 Å². The lowest BCUT2D eigenvalue weighted by molar-refractivity contribution is 0.582. The van der Waals surface area contributed by atoms with Gasteiger partial charge in [-0.1, -0.05) is 32.0 Å². The zero-order valence-corrected chi connectivity index (χ0v) is 13.3. The Hall–Kier alpha value is -1.61. The van der Waals surface area contributed by atoms with Crippen molar-refractivity contribution in [1.82, 2.24) is 10.3 Å². The van der Waals surface area contributed by atoms with Crippen molar-refractivity contribution >= 4 is 16.6 Å². The highest BCUT2D eigenvalue weighted by Crippen LogP contribution is 2.32. The molecule has 1 atom stereocenters. The monoisotopic (exact) mass is 283 g/mol. The fourth-order valence-corrected chi connectivity index (χ4v) is 3.14. The number of hydrogen-bond donors (Lipinski definition) is 1. The Morgan fingerprint density at radius 3 is 2.86 bits per heavy atom. The minimum Gasteiger partial charge on any atom is -0.368 e. The second-order valence-corrected chi connectivity index (χ2v) is 6.37. The standard InChI is InChI=1S/C18H25N3/c1-13(2)19-12-15-11-18(21-10-6-7-14(21)3)16-8-4-5-9-17(16)20-15/h4-5,8-9,11,13-14,19H,6-7,10,12H2,1-3H3. The number of aromatic nitrogens is 1. The van der Waals surface area contributed by atoms with Crippen molar-refractivity contribution in [2.45, 2.75) is 52.2 Å². The average molecular weight is 283 g/mol. The van der Waals surface area contributed by atoms with Crippen LogP contribution >= 0.6 is 0 Å². The quantitative estimate of drug-likeness (QED) is 0.927. The summed E-state index contributed by atoms with van der Waals surface area (Å²) in [5.41, 5.74) is 3.59. The van der Waals surface area contributed by atoms with Crippen LogP contribution in [0, 0.1) is 0 Å². The molecule has 1 aliphatic heterocycles. The molecule has 1 aromatic carbocycles. The van der Waals surface area contributed by atoms with Crippen molar-refractivity contribution < 1.29 is 0 Å². The van der Waals surface area contributed by atoms with Crippen LogP contribution in [0.2, 0.25) is 0 Å². The van der Waals surface area contributed by atoms with E-state index in [-0.39, 0.29) is 0 Å². The zero-order valence-electron chi connectivity index (χ0n) is 13.3. The summed E-state index contributed by atoms with van der Waals surface area (Å²) in [6.07, 6.45) is 2.58. The van der Waals surface area contributed by atoms with Crippen LogP contribution < -0.4 is 10.2 Å². The van der Waals surface area contributed by atoms with Gasteiger partial charge in [0, 0.05) is 36.2 Å². The predicted octanol–water partition coefficient (Wildman–Crippen LogP) is 3.72. The van der Waals surface area contributed by atoms with Crippen LogP contribution in [0.3, 0.4) is 0 Å². The molecule has 1 unspecified atom stereocenters. The number of anilines is 1. The minimum atomic E-state index is 0.479. The van der Waals surface area contributed by atoms with Gasteiger partial charge in [0.05, 0.1) is 11.2 Å². The molecule has 0 saturated carbocycles. The van der Waals surface area contributed by atoms with E-state index in [0.717, 1.165) is 24.3 Å². The Morgan fingerprint density at radius 2 is 2.14 bits per heavy atom. The van der Waals surface area contributed by atoms with E-state index in [4.69, 9.17) is 4.98 Å². The maximum absolute atomic E-state index is 4.82. The molecule has 0 radical (unpaired) electrons. The van der Waals surface area contributed by atoms with Gasteiger partial charge in [0.25, 0.3) is 0 Å². The van der Waals surface area contributed by atoms with Gasteiger partial charge in [0.15, 0.2) is 0 Å². The molecule has 2 heterocycles. The fraction of sp³-hybridized carbons (Fsp3) is 0.500. The van der Waals surface area contributed by atoms with E-state index in [0.29, 0.717) is 12.1 Å². The molecule has 0 aliphatic carbocycles. The third-order valence-corrected chi connectivity index (χ3v) is 4.30. The van der Waals surface area contributed by atoms with Gasteiger partial charge < -0.3 is 10.2 Å². The normalized spacial score (nSPS) is 18.9. The van der Waals surface area contributed by atoms with Crippen molar-refractivity contribution in [1.29, 1.82) is 0 Å². The van der Waals surface area contributed by atoms with E-state index in [1.807, 2.05) is 0 Å². The summed E-state index contributed by atoms with van der Waals surface area (Å²) in [5, 5.41) is 4.75. The molecule has 112 valence electrons. The van der Waals surface area contributed by atoms with Gasteiger partial charge in [-0.2, -0.15) is 0 Å². The molecular weight excluding hydrogens is 258 g/mol. The summed E-state index contributed by atoms with van der Waals surface area (Å²) in [4.78, 5) is 7.36. The third-order valence-electron chi connectivity index (χ3n) is 4.30. The van der Waals surface area contributed by atoms with Crippen LogP contribution in [0.1, 0.15) is 39.3 Å². The topological polar surface area (TPSA) is 28.2 Å². The van der Waals surface area contributed by atoms with Gasteiger partial charge in [0.1, 0.15) is 0 Å². The molecule has 1 aromatic heterocycles. The van der Waals surface area contributed by atoms with E-state index in [1.165, 1.54) is 23.9 Å². The molecule has 21 heavy (non-hydrogen) atoms. The average Bonchev–Trinajstić information content (AvgIpc) is 2.90. The van der Waals surface area contributed by atoms with Gasteiger partial charge in [-0.3, -0.25) is 4.98 Å². The Bertz CT molecular complexity index is 621. The summed E-state index contributed by atoms with van der Waals surface area (Å²) >= 11 is 0. The Kier molecular flexibility index (Phi) is 4.11. The predicted molar refractivity (Wildman–Crippen MR) is 89.8 cm³/mol. The van der Waals surface area contributed by atoms with Crippen molar-refractivity contribution in [3.05, 3.63) is 36.0 Å². The molecule has 2 aromatic rings. The summed E-state index contributed by atoms with van der Waals surface area (Å²) < 4.78 is 0. The first-order valence-electron chi connectivity index (χ1n) is 8.04. The first-order valence-corrected chi connectivity index (χ1v) is 8.04. The molecule has 1 N–H and O–H groups in total. The van der Waals surface area contributed by atoms with E-state index >= 15 is 0 Å². The fourth-order valence-electron chi connectivity index (χ4n) is 3.14. The Morgan fingerprint density at radius 1 is 1.33 bits per heavy atom. The zero-order chi connectivity index (χ0) is 14.8. The molecule has 3 nitrogen and oxygen atoms in total. The van der Waals surface area contributed by atoms with Gasteiger partial charge in [-0.25, -0.2) is 0 Å². The lowest BCUT2D eigenvalue weighted by Crippen LogP contribution is -2.27. The highest BCUT2D eigenvalue weighted by atomic mass is 15.2. The Labute approximate surface area is 127 Å². The van der Waals surface area contributed by atoms with Gasteiger partial charge >= 0.3 is 0 Å². The molecule has 3 heteroatoms. The molecule has 0 spiro atoms. The van der Waals surface area contributed by atoms with Crippen LogP contribution in [-0.4, -0.2) is 23.6 Å². The second-order valence-electron chi connectivity index (χ2n) is 6.37. The molecular formula is C18H25N3. The number of rotatable bonds is 4. The largest absolute Gasteiger partial charge is 0.368 e. The highest BCUT2D eigenvalue weighted by Gasteiger charge is 2.22. The summed E-state index contributed by atoms with van der Waals surface area (Å²) in [5.74, 6) is 0. The smallest absolute Gasteiger partial charge is 0.0726 e. The molecule has 1 fully saturated rings. The number of nitrogens with one attached hydrogen (secondary N) is 1. The van der Waals surface area contributed by atoms with E-state index in [2.05, 4.69) is 61.3 Å². The molecule has 0 amide bonds. The molecule has 0 bridgehead atoms. The van der Waals surface area contributed by atoms with Gasteiger partial charge in [-0.15, -0.1) is 0 Å².